The molecule has 0 spiro atoms. The third-order valence-electron chi connectivity index (χ3n) is 1.37. The van der Waals surface area contributed by atoms with E-state index in [0.717, 1.165) is 0 Å². The smallest absolute Gasteiger partial charge is 0.286 e. The monoisotopic (exact) mass is 266 g/mol. The van der Waals surface area contributed by atoms with E-state index in [1.54, 1.807) is 0 Å². The summed E-state index contributed by atoms with van der Waals surface area (Å²) in [6, 6.07) is 0. The first kappa shape index (κ1) is 12.2. The predicted octanol–water partition coefficient (Wildman–Crippen LogP) is 1.89. The molecule has 0 aromatic rings. The summed E-state index contributed by atoms with van der Waals surface area (Å²) in [6.07, 6.45) is -0.281. The summed E-state index contributed by atoms with van der Waals surface area (Å²) in [7, 11) is -4.13. The second-order valence-electron chi connectivity index (χ2n) is 2.52. The van der Waals surface area contributed by atoms with Gasteiger partial charge in [-0.25, -0.2) is 0 Å². The summed E-state index contributed by atoms with van der Waals surface area (Å²) < 4.78 is 53.2. The molecule has 12 heavy (non-hydrogen) atoms. The van der Waals surface area contributed by atoms with Gasteiger partial charge in [0.2, 0.25) is 0 Å². The van der Waals surface area contributed by atoms with Crippen LogP contribution in [0.2, 0.25) is 0 Å². The molecule has 1 unspecified atom stereocenters. The van der Waals surface area contributed by atoms with E-state index < -0.39 is 26.6 Å². The topological polar surface area (TPSA) is 54.4 Å². The molecule has 0 heterocycles. The molecule has 1 N–H and O–H groups in total. The Morgan fingerprint density at radius 2 is 2.00 bits per heavy atom. The molecule has 0 aromatic heterocycles. The summed E-state index contributed by atoms with van der Waals surface area (Å²) in [5, 5.41) is 0. The largest absolute Gasteiger partial charge is 0.303 e. The van der Waals surface area contributed by atoms with Gasteiger partial charge in [-0.1, -0.05) is 6.92 Å². The standard InChI is InChI=1S/C5H9BrF2O3S/c1-4(5(6,7)8)2-3-12(9,10)11/h4H,2-3H2,1H3,(H,9,10,11). The molecule has 3 nitrogen and oxygen atoms in total. The second-order valence-corrected chi connectivity index (χ2v) is 5.15. The molecular formula is C5H9BrF2O3S. The van der Waals surface area contributed by atoms with Gasteiger partial charge in [-0.05, 0) is 22.4 Å². The maximum Gasteiger partial charge on any atom is 0.303 e. The molecule has 7 heteroatoms. The van der Waals surface area contributed by atoms with Crippen molar-refractivity contribution in [1.82, 2.24) is 0 Å². The van der Waals surface area contributed by atoms with Crippen LogP contribution in [0.15, 0.2) is 0 Å². The van der Waals surface area contributed by atoms with Crippen LogP contribution in [0.1, 0.15) is 13.3 Å². The Morgan fingerprint density at radius 1 is 1.58 bits per heavy atom. The molecule has 74 valence electrons. The van der Waals surface area contributed by atoms with Crippen LogP contribution < -0.4 is 0 Å². The molecule has 0 aliphatic carbocycles. The average molecular weight is 267 g/mol. The van der Waals surface area contributed by atoms with Gasteiger partial charge in [-0.3, -0.25) is 4.55 Å². The van der Waals surface area contributed by atoms with E-state index in [9.17, 15) is 17.2 Å². The predicted molar refractivity (Wildman–Crippen MR) is 44.1 cm³/mol. The Labute approximate surface area is 78.0 Å². The van der Waals surface area contributed by atoms with Crippen LogP contribution in [-0.2, 0) is 10.1 Å². The Morgan fingerprint density at radius 3 is 2.25 bits per heavy atom. The van der Waals surface area contributed by atoms with Crippen molar-refractivity contribution in [3.8, 4) is 0 Å². The minimum atomic E-state index is -4.13. The highest BCUT2D eigenvalue weighted by Crippen LogP contribution is 2.33. The zero-order valence-corrected chi connectivity index (χ0v) is 8.70. The Hall–Kier alpha value is 0.250. The molecule has 0 aliphatic heterocycles. The summed E-state index contributed by atoms with van der Waals surface area (Å²) in [6.45, 7) is 1.19. The van der Waals surface area contributed by atoms with Gasteiger partial charge in [0.25, 0.3) is 10.1 Å². The number of rotatable bonds is 4. The zero-order chi connectivity index (χ0) is 9.99. The van der Waals surface area contributed by atoms with Crippen LogP contribution in [0.25, 0.3) is 0 Å². The van der Waals surface area contributed by atoms with Gasteiger partial charge in [0.05, 0.1) is 5.75 Å². The fourth-order valence-electron chi connectivity index (χ4n) is 0.489. The lowest BCUT2D eigenvalue weighted by molar-refractivity contribution is 0.0530. The van der Waals surface area contributed by atoms with Crippen molar-refractivity contribution in [2.45, 2.75) is 18.2 Å². The molecule has 0 saturated carbocycles. The van der Waals surface area contributed by atoms with Crippen molar-refractivity contribution in [3.63, 3.8) is 0 Å². The lowest BCUT2D eigenvalue weighted by Gasteiger charge is -2.15. The van der Waals surface area contributed by atoms with Gasteiger partial charge in [0.1, 0.15) is 0 Å². The van der Waals surface area contributed by atoms with Crippen LogP contribution in [0, 0.1) is 5.92 Å². The first-order valence-corrected chi connectivity index (χ1v) is 5.55. The molecule has 0 fully saturated rings. The fourth-order valence-corrected chi connectivity index (χ4v) is 1.37. The Balaban J connectivity index is 3.97. The maximum absolute atomic E-state index is 12.3. The van der Waals surface area contributed by atoms with E-state index in [-0.39, 0.29) is 6.42 Å². The average Bonchev–Trinajstić information content (AvgIpc) is 1.78. The SMILES string of the molecule is CC(CCS(=O)(=O)O)C(F)(F)Br. The van der Waals surface area contributed by atoms with E-state index in [0.29, 0.717) is 0 Å². The van der Waals surface area contributed by atoms with E-state index in [1.807, 2.05) is 0 Å². The third-order valence-corrected chi connectivity index (χ3v) is 2.90. The number of alkyl halides is 3. The zero-order valence-electron chi connectivity index (χ0n) is 6.30. The first-order chi connectivity index (χ1) is 5.13. The highest BCUT2D eigenvalue weighted by molar-refractivity contribution is 9.10. The van der Waals surface area contributed by atoms with Gasteiger partial charge < -0.3 is 0 Å². The van der Waals surface area contributed by atoms with Gasteiger partial charge in [-0.2, -0.15) is 17.2 Å². The van der Waals surface area contributed by atoms with Crippen LogP contribution in [0.3, 0.4) is 0 Å². The highest BCUT2D eigenvalue weighted by Gasteiger charge is 2.32. The van der Waals surface area contributed by atoms with Gasteiger partial charge in [-0.15, -0.1) is 0 Å². The summed E-state index contributed by atoms with van der Waals surface area (Å²) in [5.41, 5.74) is 0. The van der Waals surface area contributed by atoms with Gasteiger partial charge >= 0.3 is 4.83 Å². The second kappa shape index (κ2) is 3.97. The lowest BCUT2D eigenvalue weighted by Crippen LogP contribution is -2.20. The number of halogens is 3. The molecule has 1 atom stereocenters. The van der Waals surface area contributed by atoms with Crippen LogP contribution >= 0.6 is 15.9 Å². The molecule has 0 saturated heterocycles. The molecule has 0 aromatic carbocycles. The van der Waals surface area contributed by atoms with Crippen LogP contribution in [0.4, 0.5) is 8.78 Å². The lowest BCUT2D eigenvalue weighted by atomic mass is 10.1. The molecule has 0 amide bonds. The van der Waals surface area contributed by atoms with Crippen molar-refractivity contribution in [2.75, 3.05) is 5.75 Å². The molecule has 0 rings (SSSR count). The minimum Gasteiger partial charge on any atom is -0.286 e. The molecule has 0 bridgehead atoms. The Bertz CT molecular complexity index is 234. The van der Waals surface area contributed by atoms with Gasteiger partial charge in [0, 0.05) is 5.92 Å². The van der Waals surface area contributed by atoms with E-state index >= 15 is 0 Å². The van der Waals surface area contributed by atoms with Gasteiger partial charge in [0.15, 0.2) is 0 Å². The van der Waals surface area contributed by atoms with Crippen molar-refractivity contribution >= 4 is 26.0 Å². The Kier molecular flexibility index (Phi) is 4.05. The minimum absolute atomic E-state index is 0.281. The first-order valence-electron chi connectivity index (χ1n) is 3.15. The maximum atomic E-state index is 12.3. The fraction of sp³-hybridized carbons (Fsp3) is 1.00. The number of hydrogen-bond donors (Lipinski definition) is 1. The van der Waals surface area contributed by atoms with Crippen molar-refractivity contribution in [1.29, 1.82) is 0 Å². The van der Waals surface area contributed by atoms with Crippen molar-refractivity contribution in [3.05, 3.63) is 0 Å². The van der Waals surface area contributed by atoms with Crippen molar-refractivity contribution < 1.29 is 21.8 Å². The van der Waals surface area contributed by atoms with E-state index in [1.165, 1.54) is 6.92 Å². The summed E-state index contributed by atoms with van der Waals surface area (Å²) in [4.78, 5) is -3.09. The van der Waals surface area contributed by atoms with E-state index in [2.05, 4.69) is 15.9 Å². The number of hydrogen-bond acceptors (Lipinski definition) is 2. The van der Waals surface area contributed by atoms with E-state index in [4.69, 9.17) is 4.55 Å². The quantitative estimate of drug-likeness (QED) is 0.625. The van der Waals surface area contributed by atoms with Crippen LogP contribution in [-0.4, -0.2) is 23.6 Å². The van der Waals surface area contributed by atoms with Crippen LogP contribution in [0.5, 0.6) is 0 Å². The normalized spacial score (nSPS) is 16.1. The summed E-state index contributed by atoms with van der Waals surface area (Å²) in [5.74, 6) is -1.77. The molecular weight excluding hydrogens is 258 g/mol. The third kappa shape index (κ3) is 5.84. The van der Waals surface area contributed by atoms with Crippen molar-refractivity contribution in [2.24, 2.45) is 5.92 Å². The highest BCUT2D eigenvalue weighted by atomic mass is 79.9. The molecule has 0 aliphatic rings. The summed E-state index contributed by atoms with van der Waals surface area (Å²) >= 11 is 2.10. The molecule has 0 radical (unpaired) electrons.